The molecule has 0 saturated carbocycles. The Kier molecular flexibility index (Phi) is 6.76. The van der Waals surface area contributed by atoms with Gasteiger partial charge in [0.25, 0.3) is 5.69 Å². The molecule has 156 valence electrons. The predicted octanol–water partition coefficient (Wildman–Crippen LogP) is 4.22. The summed E-state index contributed by atoms with van der Waals surface area (Å²) in [5.41, 5.74) is 1.72. The number of non-ortho nitro benzene ring substituents is 1. The Morgan fingerprint density at radius 3 is 2.63 bits per heavy atom. The molecular formula is C20H21ClN6O3. The van der Waals surface area contributed by atoms with Crippen LogP contribution < -0.4 is 10.6 Å². The molecule has 0 radical (unpaired) electrons. The normalized spacial score (nSPS) is 10.9. The second-order valence-electron chi connectivity index (χ2n) is 6.52. The number of amides is 1. The van der Waals surface area contributed by atoms with Gasteiger partial charge in [-0.2, -0.15) is 0 Å². The predicted molar refractivity (Wildman–Crippen MR) is 117 cm³/mol. The van der Waals surface area contributed by atoms with Crippen molar-refractivity contribution in [2.75, 3.05) is 30.3 Å². The topological polar surface area (TPSA) is 113 Å². The highest BCUT2D eigenvalue weighted by molar-refractivity contribution is 6.34. The van der Waals surface area contributed by atoms with E-state index < -0.39 is 4.92 Å². The zero-order valence-corrected chi connectivity index (χ0v) is 17.3. The van der Waals surface area contributed by atoms with Gasteiger partial charge in [0.05, 0.1) is 27.7 Å². The highest BCUT2D eigenvalue weighted by atomic mass is 35.5. The van der Waals surface area contributed by atoms with Gasteiger partial charge in [0.2, 0.25) is 11.9 Å². The Balaban J connectivity index is 1.71. The van der Waals surface area contributed by atoms with Gasteiger partial charge < -0.3 is 10.6 Å². The van der Waals surface area contributed by atoms with Gasteiger partial charge in [0.15, 0.2) is 0 Å². The molecule has 0 atom stereocenters. The Hall–Kier alpha value is -3.30. The van der Waals surface area contributed by atoms with E-state index in [0.717, 1.165) is 13.1 Å². The standard InChI is InChI=1S/C20H21ClN6O3/c1-3-26(4-2)12-19(28)24-18-7-5-14(10-16(18)21)23-20-22-11-13-9-15(27(29)30)6-8-17(13)25-20/h5-11H,3-4,12H2,1-2H3,(H,24,28)(H,22,23,25). The molecule has 1 aromatic heterocycles. The van der Waals surface area contributed by atoms with Crippen molar-refractivity contribution in [3.8, 4) is 0 Å². The molecule has 2 N–H and O–H groups in total. The van der Waals surface area contributed by atoms with Gasteiger partial charge in [-0.25, -0.2) is 9.97 Å². The van der Waals surface area contributed by atoms with E-state index in [9.17, 15) is 14.9 Å². The van der Waals surface area contributed by atoms with Gasteiger partial charge in [0.1, 0.15) is 0 Å². The van der Waals surface area contributed by atoms with Crippen LogP contribution in [0.4, 0.5) is 23.0 Å². The molecule has 3 rings (SSSR count). The summed E-state index contributed by atoms with van der Waals surface area (Å²) < 4.78 is 0. The smallest absolute Gasteiger partial charge is 0.270 e. The first-order valence-corrected chi connectivity index (χ1v) is 9.77. The Morgan fingerprint density at radius 1 is 1.20 bits per heavy atom. The fraction of sp³-hybridized carbons (Fsp3) is 0.250. The number of hydrogen-bond acceptors (Lipinski definition) is 7. The van der Waals surface area contributed by atoms with Crippen LogP contribution in [-0.4, -0.2) is 45.3 Å². The number of carbonyl (C=O) groups excluding carboxylic acids is 1. The largest absolute Gasteiger partial charge is 0.324 e. The molecule has 0 fully saturated rings. The molecule has 3 aromatic rings. The van der Waals surface area contributed by atoms with Gasteiger partial charge in [0, 0.05) is 29.4 Å². The van der Waals surface area contributed by atoms with Crippen molar-refractivity contribution >= 4 is 51.4 Å². The monoisotopic (exact) mass is 428 g/mol. The molecule has 0 unspecified atom stereocenters. The van der Waals surface area contributed by atoms with Crippen LogP contribution in [0, 0.1) is 10.1 Å². The lowest BCUT2D eigenvalue weighted by molar-refractivity contribution is -0.384. The molecule has 1 amide bonds. The second kappa shape index (κ2) is 9.47. The van der Waals surface area contributed by atoms with Gasteiger partial charge in [-0.05, 0) is 37.4 Å². The Labute approximate surface area is 178 Å². The van der Waals surface area contributed by atoms with E-state index in [0.29, 0.717) is 39.8 Å². The summed E-state index contributed by atoms with van der Waals surface area (Å²) in [5, 5.41) is 17.7. The van der Waals surface area contributed by atoms with E-state index in [4.69, 9.17) is 11.6 Å². The molecule has 0 aliphatic rings. The zero-order chi connectivity index (χ0) is 21.7. The Bertz CT molecular complexity index is 1090. The molecule has 2 aromatic carbocycles. The van der Waals surface area contributed by atoms with E-state index in [2.05, 4.69) is 20.6 Å². The molecule has 9 nitrogen and oxygen atoms in total. The molecule has 0 saturated heterocycles. The number of benzene rings is 2. The minimum atomic E-state index is -0.462. The fourth-order valence-electron chi connectivity index (χ4n) is 2.86. The number of aromatic nitrogens is 2. The van der Waals surface area contributed by atoms with Crippen LogP contribution in [0.25, 0.3) is 10.9 Å². The zero-order valence-electron chi connectivity index (χ0n) is 16.6. The number of nitrogens with zero attached hydrogens (tertiary/aromatic N) is 4. The lowest BCUT2D eigenvalue weighted by atomic mass is 10.2. The van der Waals surface area contributed by atoms with Gasteiger partial charge in [-0.1, -0.05) is 25.4 Å². The third kappa shape index (κ3) is 5.19. The van der Waals surface area contributed by atoms with Crippen molar-refractivity contribution in [3.05, 3.63) is 57.7 Å². The minimum absolute atomic E-state index is 0.0165. The summed E-state index contributed by atoms with van der Waals surface area (Å²) in [4.78, 5) is 33.1. The highest BCUT2D eigenvalue weighted by Gasteiger charge is 2.11. The summed E-state index contributed by atoms with van der Waals surface area (Å²) in [5.74, 6) is 0.194. The number of hydrogen-bond donors (Lipinski definition) is 2. The third-order valence-corrected chi connectivity index (χ3v) is 4.85. The van der Waals surface area contributed by atoms with E-state index in [1.165, 1.54) is 18.3 Å². The van der Waals surface area contributed by atoms with E-state index >= 15 is 0 Å². The van der Waals surface area contributed by atoms with Crippen molar-refractivity contribution in [2.45, 2.75) is 13.8 Å². The second-order valence-corrected chi connectivity index (χ2v) is 6.93. The highest BCUT2D eigenvalue weighted by Crippen LogP contribution is 2.27. The molecule has 0 spiro atoms. The van der Waals surface area contributed by atoms with E-state index in [-0.39, 0.29) is 11.6 Å². The average molecular weight is 429 g/mol. The molecule has 30 heavy (non-hydrogen) atoms. The Morgan fingerprint density at radius 2 is 1.97 bits per heavy atom. The maximum Gasteiger partial charge on any atom is 0.270 e. The van der Waals surface area contributed by atoms with Crippen molar-refractivity contribution in [1.29, 1.82) is 0 Å². The number of nitrogens with one attached hydrogen (secondary N) is 2. The van der Waals surface area contributed by atoms with Crippen LogP contribution in [-0.2, 0) is 4.79 Å². The van der Waals surface area contributed by atoms with Crippen molar-refractivity contribution in [3.63, 3.8) is 0 Å². The number of halogens is 1. The number of likely N-dealkylation sites (N-methyl/N-ethyl adjacent to an activating group) is 1. The summed E-state index contributed by atoms with van der Waals surface area (Å²) in [7, 11) is 0. The first-order valence-electron chi connectivity index (χ1n) is 9.39. The van der Waals surface area contributed by atoms with Crippen LogP contribution in [0.2, 0.25) is 5.02 Å². The summed E-state index contributed by atoms with van der Waals surface area (Å²) in [6, 6.07) is 9.51. The van der Waals surface area contributed by atoms with Gasteiger partial charge in [-0.3, -0.25) is 19.8 Å². The van der Waals surface area contributed by atoms with Crippen LogP contribution in [0.1, 0.15) is 13.8 Å². The number of nitro benzene ring substituents is 1. The molecule has 1 heterocycles. The third-order valence-electron chi connectivity index (χ3n) is 4.54. The van der Waals surface area contributed by atoms with Crippen LogP contribution in [0.15, 0.2) is 42.6 Å². The lowest BCUT2D eigenvalue weighted by Gasteiger charge is -2.17. The van der Waals surface area contributed by atoms with Crippen molar-refractivity contribution in [1.82, 2.24) is 14.9 Å². The number of anilines is 3. The van der Waals surface area contributed by atoms with Crippen molar-refractivity contribution in [2.24, 2.45) is 0 Å². The van der Waals surface area contributed by atoms with Gasteiger partial charge >= 0.3 is 0 Å². The minimum Gasteiger partial charge on any atom is -0.324 e. The molecule has 0 bridgehead atoms. The maximum atomic E-state index is 12.2. The lowest BCUT2D eigenvalue weighted by Crippen LogP contribution is -2.32. The number of nitro groups is 1. The van der Waals surface area contributed by atoms with Crippen LogP contribution in [0.3, 0.4) is 0 Å². The van der Waals surface area contributed by atoms with Crippen molar-refractivity contribution < 1.29 is 9.72 Å². The molecule has 0 aliphatic heterocycles. The van der Waals surface area contributed by atoms with E-state index in [1.54, 1.807) is 24.3 Å². The first kappa shape index (κ1) is 21.4. The van der Waals surface area contributed by atoms with Crippen LogP contribution >= 0.6 is 11.6 Å². The van der Waals surface area contributed by atoms with E-state index in [1.807, 2.05) is 18.7 Å². The summed E-state index contributed by atoms with van der Waals surface area (Å²) >= 11 is 6.31. The number of rotatable bonds is 8. The quantitative estimate of drug-likeness (QED) is 0.408. The van der Waals surface area contributed by atoms with Crippen LogP contribution in [0.5, 0.6) is 0 Å². The van der Waals surface area contributed by atoms with Gasteiger partial charge in [-0.15, -0.1) is 0 Å². The maximum absolute atomic E-state index is 12.2. The molecule has 0 aliphatic carbocycles. The SMILES string of the molecule is CCN(CC)CC(=O)Nc1ccc(Nc2ncc3cc([N+](=O)[O-])ccc3n2)cc1Cl. The fourth-order valence-corrected chi connectivity index (χ4v) is 3.09. The summed E-state index contributed by atoms with van der Waals surface area (Å²) in [6.45, 7) is 5.88. The number of fused-ring (bicyclic) bond motifs is 1. The summed E-state index contributed by atoms with van der Waals surface area (Å²) in [6.07, 6.45) is 1.51. The number of carbonyl (C=O) groups is 1. The molecule has 10 heteroatoms. The average Bonchev–Trinajstić information content (AvgIpc) is 2.73. The first-order chi connectivity index (χ1) is 14.4. The molecular weight excluding hydrogens is 408 g/mol.